The van der Waals surface area contributed by atoms with E-state index in [0.717, 1.165) is 23.3 Å². The minimum absolute atomic E-state index is 0.0145. The van der Waals surface area contributed by atoms with Gasteiger partial charge in [0.1, 0.15) is 5.75 Å². The van der Waals surface area contributed by atoms with Gasteiger partial charge in [0.25, 0.3) is 11.8 Å². The van der Waals surface area contributed by atoms with E-state index in [1.807, 2.05) is 36.4 Å². The average Bonchev–Trinajstić information content (AvgIpc) is 2.92. The number of sulfonamides is 1. The van der Waals surface area contributed by atoms with E-state index in [2.05, 4.69) is 4.74 Å². The Morgan fingerprint density at radius 1 is 1.00 bits per heavy atom. The second kappa shape index (κ2) is 11.4. The molecule has 1 saturated heterocycles. The van der Waals surface area contributed by atoms with Crippen molar-refractivity contribution in [2.75, 3.05) is 31.9 Å². The van der Waals surface area contributed by atoms with Crippen LogP contribution < -0.4 is 10.2 Å². The highest BCUT2D eigenvalue weighted by Gasteiger charge is 2.47. The van der Waals surface area contributed by atoms with E-state index in [1.165, 1.54) is 21.3 Å². The number of nitrogens with zero attached hydrogens (tertiary/aromatic N) is 2. The lowest BCUT2D eigenvalue weighted by molar-refractivity contribution is -0.274. The Morgan fingerprint density at radius 2 is 1.64 bits per heavy atom. The van der Waals surface area contributed by atoms with Crippen LogP contribution in [0.5, 0.6) is 5.75 Å². The molecule has 0 spiro atoms. The van der Waals surface area contributed by atoms with Gasteiger partial charge >= 0.3 is 6.36 Å². The molecule has 39 heavy (non-hydrogen) atoms. The van der Waals surface area contributed by atoms with Gasteiger partial charge in [0.15, 0.2) is 0 Å². The first-order valence-electron chi connectivity index (χ1n) is 12.2. The highest BCUT2D eigenvalue weighted by molar-refractivity contribution is 7.89. The predicted molar refractivity (Wildman–Crippen MR) is 135 cm³/mol. The normalized spacial score (nSPS) is 18.3. The summed E-state index contributed by atoms with van der Waals surface area (Å²) in [5.74, 6) is -2.33. The lowest BCUT2D eigenvalue weighted by atomic mass is 9.79. The van der Waals surface area contributed by atoms with Crippen molar-refractivity contribution in [2.24, 2.45) is 5.41 Å². The summed E-state index contributed by atoms with van der Waals surface area (Å²) in [4.78, 5) is 27.0. The smallest absolute Gasteiger partial charge is 0.406 e. The van der Waals surface area contributed by atoms with Crippen molar-refractivity contribution in [3.63, 3.8) is 0 Å². The van der Waals surface area contributed by atoms with E-state index in [0.29, 0.717) is 6.42 Å². The van der Waals surface area contributed by atoms with E-state index in [1.54, 1.807) is 5.48 Å². The summed E-state index contributed by atoms with van der Waals surface area (Å²) in [7, 11) is -3.90. The molecule has 0 aliphatic carbocycles. The quantitative estimate of drug-likeness (QED) is 0.391. The zero-order valence-corrected chi connectivity index (χ0v) is 21.7. The van der Waals surface area contributed by atoms with Crippen molar-refractivity contribution in [3.8, 4) is 5.75 Å². The van der Waals surface area contributed by atoms with Gasteiger partial charge in [0.05, 0.1) is 11.2 Å². The number of hydroxylamine groups is 1. The SMILES string of the molecule is O=C(c1ccc(OC(F)(F)F)cc1)N1CCC(CS(=O)(=O)N2CC=C(c3ccccc3)CC2)(C(=O)NO)CC1. The van der Waals surface area contributed by atoms with Crippen LogP contribution in [-0.4, -0.2) is 72.9 Å². The van der Waals surface area contributed by atoms with Crippen LogP contribution in [0.15, 0.2) is 60.7 Å². The first kappa shape index (κ1) is 28.6. The number of nitrogens with one attached hydrogen (secondary N) is 1. The maximum atomic E-state index is 13.4. The number of likely N-dealkylation sites (tertiary alicyclic amines) is 1. The van der Waals surface area contributed by atoms with Crippen LogP contribution in [0.25, 0.3) is 5.57 Å². The van der Waals surface area contributed by atoms with Gasteiger partial charge in [-0.25, -0.2) is 13.9 Å². The zero-order chi connectivity index (χ0) is 28.3. The van der Waals surface area contributed by atoms with Crippen molar-refractivity contribution in [3.05, 3.63) is 71.8 Å². The third-order valence-corrected chi connectivity index (χ3v) is 9.13. The molecule has 9 nitrogen and oxygen atoms in total. The van der Waals surface area contributed by atoms with E-state index in [9.17, 15) is 36.4 Å². The summed E-state index contributed by atoms with van der Waals surface area (Å²) in [6, 6.07) is 14.1. The fourth-order valence-corrected chi connectivity index (χ4v) is 6.90. The molecule has 2 aromatic carbocycles. The molecule has 2 aromatic rings. The van der Waals surface area contributed by atoms with Crippen LogP contribution in [-0.2, 0) is 14.8 Å². The Bertz CT molecular complexity index is 1320. The lowest BCUT2D eigenvalue weighted by Crippen LogP contribution is -2.54. The summed E-state index contributed by atoms with van der Waals surface area (Å²) >= 11 is 0. The Morgan fingerprint density at radius 3 is 2.18 bits per heavy atom. The van der Waals surface area contributed by atoms with Gasteiger partial charge in [-0.2, -0.15) is 4.31 Å². The van der Waals surface area contributed by atoms with Crippen molar-refractivity contribution in [1.29, 1.82) is 0 Å². The highest BCUT2D eigenvalue weighted by atomic mass is 32.2. The number of hydrogen-bond acceptors (Lipinski definition) is 6. The maximum absolute atomic E-state index is 13.4. The largest absolute Gasteiger partial charge is 0.573 e. The van der Waals surface area contributed by atoms with E-state index in [-0.39, 0.29) is 44.6 Å². The number of rotatable bonds is 7. The molecule has 0 radical (unpaired) electrons. The molecule has 2 N–H and O–H groups in total. The van der Waals surface area contributed by atoms with Crippen molar-refractivity contribution in [2.45, 2.75) is 25.6 Å². The van der Waals surface area contributed by atoms with Gasteiger partial charge in [-0.15, -0.1) is 13.2 Å². The minimum atomic E-state index is -4.86. The maximum Gasteiger partial charge on any atom is 0.573 e. The number of halogens is 3. The second-order valence-corrected chi connectivity index (χ2v) is 11.5. The molecular weight excluding hydrogens is 539 g/mol. The Labute approximate surface area is 223 Å². The molecule has 0 bridgehead atoms. The van der Waals surface area contributed by atoms with Gasteiger partial charge in [-0.3, -0.25) is 14.8 Å². The highest BCUT2D eigenvalue weighted by Crippen LogP contribution is 2.36. The molecule has 0 saturated carbocycles. The number of piperidine rings is 1. The number of carbonyl (C=O) groups is 2. The molecule has 4 rings (SSSR count). The lowest BCUT2D eigenvalue weighted by Gasteiger charge is -2.41. The fourth-order valence-electron chi connectivity index (χ4n) is 4.93. The molecule has 13 heteroatoms. The first-order valence-corrected chi connectivity index (χ1v) is 13.9. The second-order valence-electron chi connectivity index (χ2n) is 9.55. The van der Waals surface area contributed by atoms with Crippen molar-refractivity contribution in [1.82, 2.24) is 14.7 Å². The van der Waals surface area contributed by atoms with Crippen LogP contribution >= 0.6 is 0 Å². The number of ether oxygens (including phenoxy) is 1. The standard InChI is InChI=1S/C26H28F3N3O6S/c27-26(28,29)38-22-8-6-21(7-9-22)23(33)31-16-12-25(13-17-31,24(34)30-35)18-39(36,37)32-14-10-20(11-15-32)19-4-2-1-3-5-19/h1-10,35H,11-18H2,(H,30,34). The van der Waals surface area contributed by atoms with Crippen molar-refractivity contribution < 1.29 is 41.1 Å². The molecule has 2 aliphatic heterocycles. The van der Waals surface area contributed by atoms with Crippen LogP contribution in [0.4, 0.5) is 13.2 Å². The summed E-state index contributed by atoms with van der Waals surface area (Å²) in [5.41, 5.74) is 2.30. The number of carbonyl (C=O) groups excluding carboxylic acids is 2. The molecular formula is C26H28F3N3O6S. The van der Waals surface area contributed by atoms with E-state index >= 15 is 0 Å². The molecule has 2 aliphatic rings. The molecule has 0 unspecified atom stereocenters. The first-order chi connectivity index (χ1) is 18.4. The van der Waals surface area contributed by atoms with Gasteiger partial charge in [-0.05, 0) is 54.7 Å². The summed E-state index contributed by atoms with van der Waals surface area (Å²) in [5, 5.41) is 9.39. The Balaban J connectivity index is 1.42. The van der Waals surface area contributed by atoms with Crippen LogP contribution in [0.1, 0.15) is 35.2 Å². The van der Waals surface area contributed by atoms with Crippen LogP contribution in [0, 0.1) is 5.41 Å². The average molecular weight is 568 g/mol. The Hall–Kier alpha value is -3.42. The van der Waals surface area contributed by atoms with Crippen LogP contribution in [0.3, 0.4) is 0 Å². The molecule has 0 atom stereocenters. The predicted octanol–water partition coefficient (Wildman–Crippen LogP) is 3.43. The number of amides is 2. The van der Waals surface area contributed by atoms with E-state index < -0.39 is 45.1 Å². The fraction of sp³-hybridized carbons (Fsp3) is 0.385. The topological polar surface area (TPSA) is 116 Å². The summed E-state index contributed by atoms with van der Waals surface area (Å²) < 4.78 is 69.0. The zero-order valence-electron chi connectivity index (χ0n) is 20.9. The molecule has 2 amide bonds. The third-order valence-electron chi connectivity index (χ3n) is 7.09. The van der Waals surface area contributed by atoms with Gasteiger partial charge < -0.3 is 9.64 Å². The minimum Gasteiger partial charge on any atom is -0.406 e. The molecule has 210 valence electrons. The van der Waals surface area contributed by atoms with Crippen LogP contribution in [0.2, 0.25) is 0 Å². The van der Waals surface area contributed by atoms with Crippen molar-refractivity contribution >= 4 is 27.4 Å². The number of hydrogen-bond donors (Lipinski definition) is 2. The third kappa shape index (κ3) is 6.78. The summed E-state index contributed by atoms with van der Waals surface area (Å²) in [6.45, 7) is 0.432. The number of alkyl halides is 3. The van der Waals surface area contributed by atoms with Gasteiger partial charge in [0.2, 0.25) is 10.0 Å². The molecule has 2 heterocycles. The monoisotopic (exact) mass is 567 g/mol. The van der Waals surface area contributed by atoms with E-state index in [4.69, 9.17) is 0 Å². The van der Waals surface area contributed by atoms with Gasteiger partial charge in [-0.1, -0.05) is 36.4 Å². The molecule has 0 aromatic heterocycles. The number of benzene rings is 2. The van der Waals surface area contributed by atoms with Gasteiger partial charge in [0, 0.05) is 31.7 Å². The Kier molecular flexibility index (Phi) is 8.33. The summed E-state index contributed by atoms with van der Waals surface area (Å²) in [6.07, 6.45) is -2.56. The molecule has 1 fully saturated rings.